The van der Waals surface area contributed by atoms with Gasteiger partial charge in [0.05, 0.1) is 6.04 Å². The molecular formula is C70H73N. The van der Waals surface area contributed by atoms with Crippen LogP contribution in [0.2, 0.25) is 0 Å². The summed E-state index contributed by atoms with van der Waals surface area (Å²) in [6, 6.07) is 45.3. The van der Waals surface area contributed by atoms with Crippen LogP contribution in [0.3, 0.4) is 0 Å². The van der Waals surface area contributed by atoms with Crippen LogP contribution in [0, 0.1) is 5.92 Å². The number of hydrogen-bond acceptors (Lipinski definition) is 0. The number of hydrogen-bond donors (Lipinski definition) is 0. The minimum absolute atomic E-state index is 0.0756. The van der Waals surface area contributed by atoms with Crippen molar-refractivity contribution in [3.63, 3.8) is 0 Å². The van der Waals surface area contributed by atoms with Crippen molar-refractivity contribution in [2.75, 3.05) is 0 Å². The van der Waals surface area contributed by atoms with E-state index in [9.17, 15) is 0 Å². The highest BCUT2D eigenvalue weighted by Crippen LogP contribution is 2.47. The van der Waals surface area contributed by atoms with Gasteiger partial charge in [-0.1, -0.05) is 227 Å². The maximum Gasteiger partial charge on any atom is 0.0560 e. The molecule has 0 spiro atoms. The maximum atomic E-state index is 4.74. The van der Waals surface area contributed by atoms with Gasteiger partial charge in [-0.05, 0) is 169 Å². The molecule has 0 radical (unpaired) electrons. The van der Waals surface area contributed by atoms with E-state index in [1.54, 1.807) is 0 Å². The Hall–Kier alpha value is -6.96. The first-order chi connectivity index (χ1) is 34.4. The van der Waals surface area contributed by atoms with Crippen LogP contribution in [-0.4, -0.2) is 4.57 Å². The number of nitrogens with zero attached hydrogens (tertiary/aromatic N) is 1. The lowest BCUT2D eigenvalue weighted by atomic mass is 9.81. The molecule has 6 aromatic rings. The lowest BCUT2D eigenvalue weighted by molar-refractivity contribution is 0.602. The molecule has 5 aromatic carbocycles. The van der Waals surface area contributed by atoms with E-state index in [0.717, 1.165) is 38.5 Å². The Kier molecular flexibility index (Phi) is 14.9. The molecule has 358 valence electrons. The van der Waals surface area contributed by atoms with E-state index in [4.69, 9.17) is 6.58 Å². The van der Waals surface area contributed by atoms with Crippen LogP contribution in [-0.2, 0) is 18.3 Å². The molecular weight excluding hydrogens is 855 g/mol. The third-order valence-corrected chi connectivity index (χ3v) is 15.8. The first-order valence-electron chi connectivity index (χ1n) is 26.2. The Labute approximate surface area is 426 Å². The Bertz CT molecular complexity index is 3230. The standard InChI is InChI=1S/C70H73N/c1-10-54(46-59-30-20-21-34-62(59)65(48(2)3)44-51(6)57-39-42-69-66(47-57)64-35-22-23-36-68(64)71(69)60-32-18-13-19-33-60)49(4)37-40-61-52(7)70(8,9)67-45-53(38-41-63(61)67)25-24-31-58(56-28-16-12-17-29-56)43-50(5)55-26-14-11-15-27-55/h11-21,23-30,32,34,36-45,47,50,54,60H,4,10,22,31,33,35,46H2,1-3,5-9H3. The lowest BCUT2D eigenvalue weighted by Crippen LogP contribution is -2.15. The summed E-state index contributed by atoms with van der Waals surface area (Å²) in [5.74, 6) is 0.635. The highest BCUT2D eigenvalue weighted by atomic mass is 15.0. The predicted molar refractivity (Wildman–Crippen MR) is 310 cm³/mol. The van der Waals surface area contributed by atoms with E-state index in [-0.39, 0.29) is 5.41 Å². The van der Waals surface area contributed by atoms with Crippen LogP contribution in [0.15, 0.2) is 205 Å². The highest BCUT2D eigenvalue weighted by Gasteiger charge is 2.34. The molecule has 0 amide bonds. The highest BCUT2D eigenvalue weighted by molar-refractivity contribution is 5.94. The van der Waals surface area contributed by atoms with Crippen molar-refractivity contribution in [2.45, 2.75) is 111 Å². The molecule has 1 heterocycles. The third-order valence-electron chi connectivity index (χ3n) is 15.8. The molecule has 3 atom stereocenters. The molecule has 71 heavy (non-hydrogen) atoms. The fraction of sp³-hybridized carbons (Fsp3) is 0.257. The molecule has 3 unspecified atom stereocenters. The SMILES string of the molecule is C=C(C=CC1=C(C)C(C)(C)c2cc(C=CCC(=CC(C)c3ccccc3)c3ccccc3)ccc21)C(CC)Cc1ccccc1C(C=C(C)c1ccc2c(c1)c1c(n2C2C=CC=CC2)C=CCC1)=C(C)C. The lowest BCUT2D eigenvalue weighted by Gasteiger charge is -2.22. The Morgan fingerprint density at radius 1 is 0.831 bits per heavy atom. The molecule has 0 saturated carbocycles. The summed E-state index contributed by atoms with van der Waals surface area (Å²) in [6.07, 6.45) is 33.9. The average molecular weight is 928 g/mol. The first kappa shape index (κ1) is 49.0. The van der Waals surface area contributed by atoms with Crippen molar-refractivity contribution in [1.29, 1.82) is 0 Å². The summed E-state index contributed by atoms with van der Waals surface area (Å²) < 4.78 is 2.57. The average Bonchev–Trinajstić information content (AvgIpc) is 3.82. The summed E-state index contributed by atoms with van der Waals surface area (Å²) in [4.78, 5) is 0. The summed E-state index contributed by atoms with van der Waals surface area (Å²) in [7, 11) is 0. The van der Waals surface area contributed by atoms with Gasteiger partial charge in [0.25, 0.3) is 0 Å². The third kappa shape index (κ3) is 10.4. The molecule has 0 N–H and O–H groups in total. The van der Waals surface area contributed by atoms with Crippen LogP contribution in [0.4, 0.5) is 0 Å². The van der Waals surface area contributed by atoms with Gasteiger partial charge in [0.1, 0.15) is 0 Å². The zero-order valence-corrected chi connectivity index (χ0v) is 43.6. The number of rotatable bonds is 16. The minimum Gasteiger partial charge on any atom is -0.333 e. The van der Waals surface area contributed by atoms with E-state index in [2.05, 4.69) is 254 Å². The van der Waals surface area contributed by atoms with E-state index in [1.165, 1.54) is 106 Å². The van der Waals surface area contributed by atoms with Crippen LogP contribution < -0.4 is 0 Å². The molecule has 1 heteroatoms. The second-order valence-electron chi connectivity index (χ2n) is 21.0. The zero-order valence-electron chi connectivity index (χ0n) is 43.6. The predicted octanol–water partition coefficient (Wildman–Crippen LogP) is 19.3. The van der Waals surface area contributed by atoms with Crippen LogP contribution in [0.5, 0.6) is 0 Å². The van der Waals surface area contributed by atoms with Gasteiger partial charge in [0.15, 0.2) is 0 Å². The van der Waals surface area contributed by atoms with E-state index in [1.807, 2.05) is 0 Å². The number of fused-ring (bicyclic) bond motifs is 4. The van der Waals surface area contributed by atoms with Crippen molar-refractivity contribution in [3.05, 3.63) is 261 Å². The topological polar surface area (TPSA) is 4.93 Å². The summed E-state index contributed by atoms with van der Waals surface area (Å²) >= 11 is 0. The molecule has 1 aromatic heterocycles. The zero-order chi connectivity index (χ0) is 49.6. The van der Waals surface area contributed by atoms with Crippen LogP contribution in [0.1, 0.15) is 149 Å². The van der Waals surface area contributed by atoms with E-state index in [0.29, 0.717) is 17.9 Å². The van der Waals surface area contributed by atoms with Gasteiger partial charge in [0, 0.05) is 22.0 Å². The molecule has 0 fully saturated rings. The van der Waals surface area contributed by atoms with Gasteiger partial charge in [0.2, 0.25) is 0 Å². The fourth-order valence-corrected chi connectivity index (χ4v) is 11.3. The second-order valence-corrected chi connectivity index (χ2v) is 21.0. The van der Waals surface area contributed by atoms with Crippen molar-refractivity contribution < 1.29 is 0 Å². The van der Waals surface area contributed by atoms with Gasteiger partial charge in [-0.25, -0.2) is 0 Å². The Morgan fingerprint density at radius 3 is 2.34 bits per heavy atom. The number of aromatic nitrogens is 1. The maximum absolute atomic E-state index is 4.74. The number of benzene rings is 5. The van der Waals surface area contributed by atoms with Crippen LogP contribution in [0.25, 0.3) is 45.3 Å². The molecule has 3 aliphatic rings. The Morgan fingerprint density at radius 2 is 1.59 bits per heavy atom. The molecule has 9 rings (SSSR count). The van der Waals surface area contributed by atoms with E-state index < -0.39 is 0 Å². The summed E-state index contributed by atoms with van der Waals surface area (Å²) in [6.45, 7) is 23.2. The van der Waals surface area contributed by atoms with Gasteiger partial charge in [-0.3, -0.25) is 0 Å². The fourth-order valence-electron chi connectivity index (χ4n) is 11.3. The molecule has 1 nitrogen and oxygen atoms in total. The monoisotopic (exact) mass is 928 g/mol. The van der Waals surface area contributed by atoms with Gasteiger partial charge < -0.3 is 4.57 Å². The molecule has 3 aliphatic carbocycles. The normalized spacial score (nSPS) is 17.3. The Balaban J connectivity index is 0.921. The van der Waals surface area contributed by atoms with Crippen LogP contribution >= 0.6 is 0 Å². The van der Waals surface area contributed by atoms with Crippen molar-refractivity contribution >= 4 is 45.3 Å². The van der Waals surface area contributed by atoms with Crippen molar-refractivity contribution in [3.8, 4) is 0 Å². The number of aryl methyl sites for hydroxylation is 1. The van der Waals surface area contributed by atoms with Crippen molar-refractivity contribution in [2.24, 2.45) is 5.92 Å². The smallest absolute Gasteiger partial charge is 0.0560 e. The molecule has 0 saturated heterocycles. The number of allylic oxidation sites excluding steroid dienone is 17. The summed E-state index contributed by atoms with van der Waals surface area (Å²) in [5, 5.41) is 1.40. The second kappa shape index (κ2) is 21.6. The van der Waals surface area contributed by atoms with Crippen molar-refractivity contribution in [1.82, 2.24) is 4.57 Å². The first-order valence-corrected chi connectivity index (χ1v) is 26.2. The van der Waals surface area contributed by atoms with E-state index >= 15 is 0 Å². The van der Waals surface area contributed by atoms with Gasteiger partial charge in [-0.15, -0.1) is 0 Å². The summed E-state index contributed by atoms with van der Waals surface area (Å²) in [5.41, 5.74) is 23.9. The minimum atomic E-state index is -0.0756. The largest absolute Gasteiger partial charge is 0.333 e. The molecule has 0 aliphatic heterocycles. The molecule has 0 bridgehead atoms. The van der Waals surface area contributed by atoms with Gasteiger partial charge in [-0.2, -0.15) is 0 Å². The quantitative estimate of drug-likeness (QED) is 0.0853. The van der Waals surface area contributed by atoms with Gasteiger partial charge >= 0.3 is 0 Å².